The molecule has 0 unspecified atom stereocenters. The maximum atomic E-state index is 9.43. The zero-order valence-electron chi connectivity index (χ0n) is 6.94. The summed E-state index contributed by atoms with van der Waals surface area (Å²) in [5.74, 6) is 0. The van der Waals surface area contributed by atoms with Crippen molar-refractivity contribution in [2.75, 3.05) is 0 Å². The van der Waals surface area contributed by atoms with E-state index in [1.807, 2.05) is 31.2 Å². The minimum absolute atomic E-state index is 0. The van der Waals surface area contributed by atoms with Gasteiger partial charge in [0.05, 0.1) is 12.0 Å². The zero-order valence-corrected chi connectivity index (χ0v) is 9.76. The molecule has 60 valence electrons. The molecule has 1 aromatic rings. The van der Waals surface area contributed by atoms with E-state index in [0.717, 1.165) is 22.5 Å². The van der Waals surface area contributed by atoms with Crippen LogP contribution in [0.25, 0.3) is 0 Å². The fourth-order valence-corrected chi connectivity index (χ4v) is 1.00. The van der Waals surface area contributed by atoms with E-state index in [1.54, 1.807) is 0 Å². The van der Waals surface area contributed by atoms with Crippen LogP contribution in [-0.4, -0.2) is 0 Å². The molecular weight excluding hydrogens is 187 g/mol. The molecule has 3 nitrogen and oxygen atoms in total. The van der Waals surface area contributed by atoms with E-state index >= 15 is 0 Å². The number of rotatable bonds is 3. The van der Waals surface area contributed by atoms with Crippen LogP contribution < -0.4 is 34.8 Å². The topological polar surface area (TPSA) is 41.5 Å². The molecule has 0 atom stereocenters. The predicted octanol–water partition coefficient (Wildman–Crippen LogP) is -1.77. The third-order valence-electron chi connectivity index (χ3n) is 1.18. The molecule has 0 saturated heterocycles. The molecule has 0 fully saturated rings. The van der Waals surface area contributed by atoms with Gasteiger partial charge in [-0.25, -0.2) is 0 Å². The summed E-state index contributed by atoms with van der Waals surface area (Å²) in [6.45, 7) is 1.99. The first-order valence-corrected chi connectivity index (χ1v) is 3.77. The fourth-order valence-electron chi connectivity index (χ4n) is 0.647. The third kappa shape index (κ3) is 4.47. The summed E-state index contributed by atoms with van der Waals surface area (Å²) in [4.78, 5) is 0.839. The van der Waals surface area contributed by atoms with Crippen LogP contribution in [0.3, 0.4) is 0 Å². The van der Waals surface area contributed by atoms with Crippen LogP contribution in [-0.2, 0) is 9.37 Å². The molecular formula is C7H7NaO3S. The molecule has 1 rings (SSSR count). The standard InChI is InChI=1S/C7H8O3S.Na/c1-6-2-4-7(5-3-6)11-10-9-8;/h2-5,8H,1H3;/q;+1/p-1. The molecule has 0 aliphatic carbocycles. The van der Waals surface area contributed by atoms with Crippen molar-refractivity contribution in [3.8, 4) is 0 Å². The van der Waals surface area contributed by atoms with E-state index in [2.05, 4.69) is 9.37 Å². The molecule has 0 aliphatic heterocycles. The van der Waals surface area contributed by atoms with Gasteiger partial charge in [-0.3, -0.25) is 5.04 Å². The van der Waals surface area contributed by atoms with E-state index < -0.39 is 0 Å². The Hall–Kier alpha value is 0.450. The van der Waals surface area contributed by atoms with E-state index in [9.17, 15) is 5.26 Å². The van der Waals surface area contributed by atoms with Crippen LogP contribution in [0, 0.1) is 6.92 Å². The van der Waals surface area contributed by atoms with Crippen molar-refractivity contribution in [2.24, 2.45) is 0 Å². The van der Waals surface area contributed by atoms with Gasteiger partial charge >= 0.3 is 29.6 Å². The van der Waals surface area contributed by atoms with Gasteiger partial charge in [0.2, 0.25) is 0 Å². The molecule has 0 spiro atoms. The second-order valence-corrected chi connectivity index (χ2v) is 2.81. The van der Waals surface area contributed by atoms with Gasteiger partial charge in [0.25, 0.3) is 0 Å². The summed E-state index contributed by atoms with van der Waals surface area (Å²) in [6.07, 6.45) is 0. The molecule has 0 aliphatic rings. The van der Waals surface area contributed by atoms with Crippen LogP contribution in [0.15, 0.2) is 29.2 Å². The number of aryl methyl sites for hydroxylation is 1. The number of hydrogen-bond donors (Lipinski definition) is 0. The molecule has 0 aromatic heterocycles. The van der Waals surface area contributed by atoms with E-state index in [4.69, 9.17) is 0 Å². The first-order valence-electron chi connectivity index (χ1n) is 3.03. The minimum atomic E-state index is 0. The summed E-state index contributed by atoms with van der Waals surface area (Å²) in [6, 6.07) is 7.55. The molecule has 12 heavy (non-hydrogen) atoms. The smallest absolute Gasteiger partial charge is 0.691 e. The van der Waals surface area contributed by atoms with Crippen molar-refractivity contribution in [1.82, 2.24) is 0 Å². The predicted molar refractivity (Wildman–Crippen MR) is 39.2 cm³/mol. The minimum Gasteiger partial charge on any atom is -0.691 e. The molecule has 5 heteroatoms. The molecule has 0 saturated carbocycles. The van der Waals surface area contributed by atoms with Crippen molar-refractivity contribution < 1.29 is 44.2 Å². The SMILES string of the molecule is Cc1ccc(SOO[O-])cc1.[Na+]. The van der Waals surface area contributed by atoms with E-state index in [0.29, 0.717) is 0 Å². The summed E-state index contributed by atoms with van der Waals surface area (Å²) >= 11 is 0.894. The zero-order chi connectivity index (χ0) is 8.10. The summed E-state index contributed by atoms with van der Waals surface area (Å²) in [7, 11) is 0. The van der Waals surface area contributed by atoms with Gasteiger partial charge in [-0.2, -0.15) is 4.33 Å². The van der Waals surface area contributed by atoms with Crippen molar-refractivity contribution in [3.63, 3.8) is 0 Å². The van der Waals surface area contributed by atoms with Crippen LogP contribution in [0.4, 0.5) is 0 Å². The molecule has 1 aromatic carbocycles. The third-order valence-corrected chi connectivity index (χ3v) is 1.77. The second-order valence-electron chi connectivity index (χ2n) is 2.03. The summed E-state index contributed by atoms with van der Waals surface area (Å²) in [5, 5.41) is 12.6. The average molecular weight is 194 g/mol. The first-order chi connectivity index (χ1) is 5.33. The van der Waals surface area contributed by atoms with Gasteiger partial charge in [0.1, 0.15) is 0 Å². The van der Waals surface area contributed by atoms with E-state index in [-0.39, 0.29) is 29.6 Å². The van der Waals surface area contributed by atoms with Gasteiger partial charge in [-0.15, -0.1) is 0 Å². The van der Waals surface area contributed by atoms with Gasteiger partial charge in [0, 0.05) is 4.90 Å². The Balaban J connectivity index is 0.00000121. The first kappa shape index (κ1) is 12.4. The van der Waals surface area contributed by atoms with Crippen molar-refractivity contribution in [1.29, 1.82) is 0 Å². The van der Waals surface area contributed by atoms with Crippen LogP contribution in [0.5, 0.6) is 0 Å². The quantitative estimate of drug-likeness (QED) is 0.247. The Kier molecular flexibility index (Phi) is 7.17. The second kappa shape index (κ2) is 6.91. The molecule has 0 N–H and O–H groups in total. The Morgan fingerprint density at radius 1 is 1.25 bits per heavy atom. The van der Waals surface area contributed by atoms with Gasteiger partial charge < -0.3 is 5.26 Å². The molecule has 0 bridgehead atoms. The van der Waals surface area contributed by atoms with Crippen LogP contribution in [0.2, 0.25) is 0 Å². The Labute approximate surface area is 97.4 Å². The molecule has 0 radical (unpaired) electrons. The molecule has 0 heterocycles. The van der Waals surface area contributed by atoms with Crippen LogP contribution in [0.1, 0.15) is 5.56 Å². The van der Waals surface area contributed by atoms with Crippen molar-refractivity contribution >= 4 is 12.0 Å². The Morgan fingerprint density at radius 3 is 2.33 bits per heavy atom. The monoisotopic (exact) mass is 194 g/mol. The van der Waals surface area contributed by atoms with Gasteiger partial charge in [0.15, 0.2) is 0 Å². The maximum absolute atomic E-state index is 9.43. The number of hydrogen-bond acceptors (Lipinski definition) is 4. The summed E-state index contributed by atoms with van der Waals surface area (Å²) < 4.78 is 4.12. The Bertz CT molecular complexity index is 214. The van der Waals surface area contributed by atoms with Crippen LogP contribution >= 0.6 is 12.0 Å². The largest absolute Gasteiger partial charge is 1.00 e. The maximum Gasteiger partial charge on any atom is 1.00 e. The Morgan fingerprint density at radius 2 is 1.83 bits per heavy atom. The van der Waals surface area contributed by atoms with E-state index in [1.165, 1.54) is 0 Å². The van der Waals surface area contributed by atoms with Crippen molar-refractivity contribution in [3.05, 3.63) is 29.8 Å². The fraction of sp³-hybridized carbons (Fsp3) is 0.143. The normalized spacial score (nSPS) is 9.17. The van der Waals surface area contributed by atoms with Gasteiger partial charge in [-0.1, -0.05) is 17.7 Å². The summed E-state index contributed by atoms with van der Waals surface area (Å²) in [5.41, 5.74) is 1.16. The number of benzene rings is 1. The van der Waals surface area contributed by atoms with Gasteiger partial charge in [-0.05, 0) is 19.1 Å². The molecule has 0 amide bonds. The average Bonchev–Trinajstić information content (AvgIpc) is 2.04. The van der Waals surface area contributed by atoms with Crippen molar-refractivity contribution in [2.45, 2.75) is 11.8 Å².